The average molecular weight is 278 g/mol. The van der Waals surface area contributed by atoms with Gasteiger partial charge in [-0.25, -0.2) is 0 Å². The molecule has 0 aromatic heterocycles. The van der Waals surface area contributed by atoms with Gasteiger partial charge in [0, 0.05) is 11.4 Å². The molecule has 0 radical (unpaired) electrons. The topological polar surface area (TPSA) is 63.4 Å². The molecule has 0 saturated carbocycles. The fourth-order valence-electron chi connectivity index (χ4n) is 2.22. The smallest absolute Gasteiger partial charge is 0.240 e. The number of benzene rings is 1. The molecule has 102 valence electrons. The van der Waals surface area contributed by atoms with Crippen molar-refractivity contribution >= 4 is 23.6 Å². The summed E-state index contributed by atoms with van der Waals surface area (Å²) in [6.07, 6.45) is 1.55. The van der Waals surface area contributed by atoms with E-state index in [-0.39, 0.29) is 5.91 Å². The minimum Gasteiger partial charge on any atom is -0.368 e. The summed E-state index contributed by atoms with van der Waals surface area (Å²) in [5.41, 5.74) is 6.51. The number of carbonyl (C=O) groups excluding carboxylic acids is 2. The molecule has 5 heteroatoms. The fourth-order valence-corrected chi connectivity index (χ4v) is 3.01. The zero-order valence-electron chi connectivity index (χ0n) is 11.0. The predicted octanol–water partition coefficient (Wildman–Crippen LogP) is 1.56. The lowest BCUT2D eigenvalue weighted by atomic mass is 10.2. The normalized spacial score (nSPS) is 18.6. The van der Waals surface area contributed by atoms with Crippen LogP contribution in [0.15, 0.2) is 29.2 Å². The molecule has 19 heavy (non-hydrogen) atoms. The third-order valence-corrected chi connectivity index (χ3v) is 4.28. The van der Waals surface area contributed by atoms with Gasteiger partial charge in [-0.1, -0.05) is 17.7 Å². The summed E-state index contributed by atoms with van der Waals surface area (Å²) in [4.78, 5) is 26.0. The molecule has 1 aliphatic heterocycles. The Labute approximate surface area is 117 Å². The Balaban J connectivity index is 1.90. The number of aryl methyl sites for hydroxylation is 1. The van der Waals surface area contributed by atoms with E-state index in [1.807, 2.05) is 31.2 Å². The van der Waals surface area contributed by atoms with Crippen molar-refractivity contribution in [3.63, 3.8) is 0 Å². The second-order valence-corrected chi connectivity index (χ2v) is 5.80. The maximum atomic E-state index is 12.1. The molecule has 2 rings (SSSR count). The second kappa shape index (κ2) is 6.10. The van der Waals surface area contributed by atoms with Crippen LogP contribution in [0.4, 0.5) is 0 Å². The number of thioether (sulfide) groups is 1. The molecule has 1 saturated heterocycles. The Morgan fingerprint density at radius 3 is 2.68 bits per heavy atom. The highest BCUT2D eigenvalue weighted by molar-refractivity contribution is 8.00. The number of hydrogen-bond donors (Lipinski definition) is 1. The summed E-state index contributed by atoms with van der Waals surface area (Å²) in [7, 11) is 0. The van der Waals surface area contributed by atoms with Gasteiger partial charge >= 0.3 is 0 Å². The molecule has 0 aliphatic carbocycles. The minimum absolute atomic E-state index is 0.00752. The first kappa shape index (κ1) is 13.9. The molecule has 2 amide bonds. The van der Waals surface area contributed by atoms with Gasteiger partial charge in [0.15, 0.2) is 0 Å². The van der Waals surface area contributed by atoms with Crippen molar-refractivity contribution in [3.8, 4) is 0 Å². The molecule has 0 spiro atoms. The Morgan fingerprint density at radius 1 is 1.37 bits per heavy atom. The summed E-state index contributed by atoms with van der Waals surface area (Å²) in [6.45, 7) is 2.67. The van der Waals surface area contributed by atoms with E-state index >= 15 is 0 Å². The van der Waals surface area contributed by atoms with Crippen LogP contribution in [0.25, 0.3) is 0 Å². The SMILES string of the molecule is Cc1ccc(SCC(=O)N2CCCC2C(N)=O)cc1. The van der Waals surface area contributed by atoms with Crippen LogP contribution in [0.1, 0.15) is 18.4 Å². The minimum atomic E-state index is -0.411. The third-order valence-electron chi connectivity index (χ3n) is 3.28. The zero-order valence-corrected chi connectivity index (χ0v) is 11.8. The third kappa shape index (κ3) is 3.50. The first-order chi connectivity index (χ1) is 9.08. The van der Waals surface area contributed by atoms with Crippen molar-refractivity contribution in [3.05, 3.63) is 29.8 Å². The number of rotatable bonds is 4. The van der Waals surface area contributed by atoms with Gasteiger partial charge < -0.3 is 10.6 Å². The first-order valence-corrected chi connectivity index (χ1v) is 7.35. The van der Waals surface area contributed by atoms with E-state index in [1.54, 1.807) is 4.90 Å². The summed E-state index contributed by atoms with van der Waals surface area (Å²) < 4.78 is 0. The van der Waals surface area contributed by atoms with Crippen molar-refractivity contribution in [2.45, 2.75) is 30.7 Å². The molecule has 1 unspecified atom stereocenters. The lowest BCUT2D eigenvalue weighted by Gasteiger charge is -2.21. The number of primary amides is 1. The van der Waals surface area contributed by atoms with E-state index in [9.17, 15) is 9.59 Å². The number of likely N-dealkylation sites (tertiary alicyclic amines) is 1. The Kier molecular flexibility index (Phi) is 4.47. The number of amides is 2. The maximum Gasteiger partial charge on any atom is 0.240 e. The van der Waals surface area contributed by atoms with Gasteiger partial charge in [0.25, 0.3) is 0 Å². The van der Waals surface area contributed by atoms with Gasteiger partial charge in [0.2, 0.25) is 11.8 Å². The quantitative estimate of drug-likeness (QED) is 0.850. The Hall–Kier alpha value is -1.49. The lowest BCUT2D eigenvalue weighted by Crippen LogP contribution is -2.44. The van der Waals surface area contributed by atoms with Crippen molar-refractivity contribution in [2.75, 3.05) is 12.3 Å². The van der Waals surface area contributed by atoms with E-state index in [1.165, 1.54) is 17.3 Å². The van der Waals surface area contributed by atoms with Crippen molar-refractivity contribution < 1.29 is 9.59 Å². The van der Waals surface area contributed by atoms with Crippen LogP contribution in [-0.2, 0) is 9.59 Å². The van der Waals surface area contributed by atoms with E-state index in [4.69, 9.17) is 5.73 Å². The Morgan fingerprint density at radius 2 is 2.05 bits per heavy atom. The summed E-state index contributed by atoms with van der Waals surface area (Å²) >= 11 is 1.49. The molecule has 1 aromatic carbocycles. The van der Waals surface area contributed by atoms with Crippen LogP contribution in [0.2, 0.25) is 0 Å². The van der Waals surface area contributed by atoms with Crippen LogP contribution >= 0.6 is 11.8 Å². The first-order valence-electron chi connectivity index (χ1n) is 6.36. The van der Waals surface area contributed by atoms with Gasteiger partial charge in [-0.2, -0.15) is 0 Å². The van der Waals surface area contributed by atoms with Gasteiger partial charge in [-0.3, -0.25) is 9.59 Å². The van der Waals surface area contributed by atoms with Crippen LogP contribution in [-0.4, -0.2) is 35.1 Å². The van der Waals surface area contributed by atoms with Crippen molar-refractivity contribution in [2.24, 2.45) is 5.73 Å². The van der Waals surface area contributed by atoms with Gasteiger partial charge in [-0.15, -0.1) is 11.8 Å². The van der Waals surface area contributed by atoms with Gasteiger partial charge in [0.1, 0.15) is 6.04 Å². The lowest BCUT2D eigenvalue weighted by molar-refractivity contribution is -0.135. The molecule has 1 aliphatic rings. The highest BCUT2D eigenvalue weighted by Gasteiger charge is 2.32. The summed E-state index contributed by atoms with van der Waals surface area (Å²) in [5, 5.41) is 0. The van der Waals surface area contributed by atoms with Crippen LogP contribution < -0.4 is 5.73 Å². The zero-order chi connectivity index (χ0) is 13.8. The van der Waals surface area contributed by atoms with Crippen LogP contribution in [0.3, 0.4) is 0 Å². The highest BCUT2D eigenvalue weighted by Crippen LogP contribution is 2.22. The van der Waals surface area contributed by atoms with E-state index in [2.05, 4.69) is 0 Å². The summed E-state index contributed by atoms with van der Waals surface area (Å²) in [6, 6.07) is 7.64. The van der Waals surface area contributed by atoms with E-state index in [0.29, 0.717) is 18.7 Å². The molecule has 1 fully saturated rings. The molecule has 0 bridgehead atoms. The predicted molar refractivity (Wildman–Crippen MR) is 75.8 cm³/mol. The number of nitrogens with two attached hydrogens (primary N) is 1. The van der Waals surface area contributed by atoms with Crippen LogP contribution in [0, 0.1) is 6.92 Å². The van der Waals surface area contributed by atoms with Gasteiger partial charge in [0.05, 0.1) is 5.75 Å². The fraction of sp³-hybridized carbons (Fsp3) is 0.429. The molecular weight excluding hydrogens is 260 g/mol. The van der Waals surface area contributed by atoms with E-state index < -0.39 is 11.9 Å². The largest absolute Gasteiger partial charge is 0.368 e. The van der Waals surface area contributed by atoms with Crippen molar-refractivity contribution in [1.29, 1.82) is 0 Å². The van der Waals surface area contributed by atoms with Crippen molar-refractivity contribution in [1.82, 2.24) is 4.90 Å². The second-order valence-electron chi connectivity index (χ2n) is 4.75. The summed E-state index contributed by atoms with van der Waals surface area (Å²) in [5.74, 6) is -0.0506. The molecule has 1 heterocycles. The monoisotopic (exact) mass is 278 g/mol. The maximum absolute atomic E-state index is 12.1. The molecule has 2 N–H and O–H groups in total. The average Bonchev–Trinajstić information content (AvgIpc) is 2.87. The molecule has 1 aromatic rings. The number of carbonyl (C=O) groups is 2. The standard InChI is InChI=1S/C14H18N2O2S/c1-10-4-6-11(7-5-10)19-9-13(17)16-8-2-3-12(16)14(15)18/h4-7,12H,2-3,8-9H2,1H3,(H2,15,18). The molecule has 1 atom stereocenters. The number of hydrogen-bond acceptors (Lipinski definition) is 3. The Bertz CT molecular complexity index is 473. The molecule has 4 nitrogen and oxygen atoms in total. The van der Waals surface area contributed by atoms with Crippen LogP contribution in [0.5, 0.6) is 0 Å². The van der Waals surface area contributed by atoms with Gasteiger partial charge in [-0.05, 0) is 31.9 Å². The number of nitrogens with zero attached hydrogens (tertiary/aromatic N) is 1. The highest BCUT2D eigenvalue weighted by atomic mass is 32.2. The molecular formula is C14H18N2O2S. The van der Waals surface area contributed by atoms with E-state index in [0.717, 1.165) is 11.3 Å².